The van der Waals surface area contributed by atoms with Gasteiger partial charge in [-0.15, -0.1) is 11.3 Å². The smallest absolute Gasteiger partial charge is 0.0947 e. The number of nitrogens with zero attached hydrogens (tertiary/aromatic N) is 2. The van der Waals surface area contributed by atoms with Crippen molar-refractivity contribution in [2.45, 2.75) is 57.5 Å². The van der Waals surface area contributed by atoms with Crippen molar-refractivity contribution < 1.29 is 4.74 Å². The Balaban J connectivity index is 1.76. The molecule has 0 amide bonds. The molecule has 2 N–H and O–H groups in total. The highest BCUT2D eigenvalue weighted by Gasteiger charge is 2.44. The number of aryl methyl sites for hydroxylation is 2. The molecule has 2 fully saturated rings. The quantitative estimate of drug-likeness (QED) is 0.927. The van der Waals surface area contributed by atoms with Crippen molar-refractivity contribution in [2.24, 2.45) is 5.73 Å². The van der Waals surface area contributed by atoms with Crippen LogP contribution in [0.5, 0.6) is 0 Å². The Morgan fingerprint density at radius 3 is 2.52 bits per heavy atom. The Morgan fingerprint density at radius 1 is 1.29 bits per heavy atom. The lowest BCUT2D eigenvalue weighted by atomic mass is 9.84. The van der Waals surface area contributed by atoms with Gasteiger partial charge in [0.05, 0.1) is 23.9 Å². The molecule has 1 aliphatic carbocycles. The van der Waals surface area contributed by atoms with Crippen LogP contribution >= 0.6 is 11.3 Å². The summed E-state index contributed by atoms with van der Waals surface area (Å²) in [5, 5.41) is 1.21. The van der Waals surface area contributed by atoms with Gasteiger partial charge in [0.25, 0.3) is 0 Å². The minimum absolute atomic E-state index is 0.178. The molecular formula is C16H27N3OS. The van der Waals surface area contributed by atoms with Gasteiger partial charge in [-0.25, -0.2) is 4.98 Å². The minimum atomic E-state index is 0.178. The molecule has 3 rings (SSSR count). The van der Waals surface area contributed by atoms with Gasteiger partial charge in [-0.2, -0.15) is 0 Å². The van der Waals surface area contributed by atoms with Gasteiger partial charge in [0.1, 0.15) is 0 Å². The first kappa shape index (κ1) is 15.4. The van der Waals surface area contributed by atoms with Crippen molar-refractivity contribution in [1.82, 2.24) is 9.88 Å². The zero-order valence-corrected chi connectivity index (χ0v) is 14.0. The molecule has 21 heavy (non-hydrogen) atoms. The number of ether oxygens (including phenoxy) is 1. The van der Waals surface area contributed by atoms with Crippen LogP contribution in [0.15, 0.2) is 0 Å². The fourth-order valence-corrected chi connectivity index (χ4v) is 4.91. The maximum atomic E-state index is 6.72. The Bertz CT molecular complexity index is 456. The fourth-order valence-electron chi connectivity index (χ4n) is 3.92. The highest BCUT2D eigenvalue weighted by atomic mass is 32.1. The summed E-state index contributed by atoms with van der Waals surface area (Å²) < 4.78 is 5.53. The maximum absolute atomic E-state index is 6.72. The Morgan fingerprint density at radius 2 is 1.95 bits per heavy atom. The molecular weight excluding hydrogens is 282 g/mol. The van der Waals surface area contributed by atoms with Gasteiger partial charge in [-0.3, -0.25) is 4.90 Å². The van der Waals surface area contributed by atoms with Gasteiger partial charge >= 0.3 is 0 Å². The molecule has 2 aliphatic rings. The summed E-state index contributed by atoms with van der Waals surface area (Å²) in [7, 11) is 0. The lowest BCUT2D eigenvalue weighted by Crippen LogP contribution is -2.61. The predicted molar refractivity (Wildman–Crippen MR) is 86.9 cm³/mol. The molecule has 1 atom stereocenters. The molecule has 118 valence electrons. The second-order valence-electron chi connectivity index (χ2n) is 6.47. The van der Waals surface area contributed by atoms with Crippen LogP contribution < -0.4 is 5.73 Å². The van der Waals surface area contributed by atoms with Crippen LogP contribution in [0.2, 0.25) is 0 Å². The monoisotopic (exact) mass is 309 g/mol. The number of hydrogen-bond acceptors (Lipinski definition) is 5. The molecule has 5 heteroatoms. The van der Waals surface area contributed by atoms with Crippen molar-refractivity contribution >= 4 is 11.3 Å². The van der Waals surface area contributed by atoms with Gasteiger partial charge in [0.15, 0.2) is 0 Å². The first-order valence-corrected chi connectivity index (χ1v) is 8.95. The number of rotatable bonds is 4. The molecule has 1 unspecified atom stereocenters. The van der Waals surface area contributed by atoms with E-state index in [0.717, 1.165) is 38.4 Å². The van der Waals surface area contributed by atoms with Crippen molar-refractivity contribution in [3.8, 4) is 0 Å². The Labute approximate surface area is 131 Å². The molecule has 1 aliphatic heterocycles. The highest BCUT2D eigenvalue weighted by Crippen LogP contribution is 2.39. The summed E-state index contributed by atoms with van der Waals surface area (Å²) in [6, 6.07) is 0.183. The van der Waals surface area contributed by atoms with Gasteiger partial charge < -0.3 is 10.5 Å². The lowest BCUT2D eigenvalue weighted by molar-refractivity contribution is -0.0305. The van der Waals surface area contributed by atoms with E-state index >= 15 is 0 Å². The maximum Gasteiger partial charge on any atom is 0.0947 e. The lowest BCUT2D eigenvalue weighted by Gasteiger charge is -2.47. The summed E-state index contributed by atoms with van der Waals surface area (Å²) in [6.07, 6.45) is 5.99. The summed E-state index contributed by atoms with van der Waals surface area (Å²) in [5.41, 5.74) is 8.06. The largest absolute Gasteiger partial charge is 0.379 e. The van der Waals surface area contributed by atoms with Gasteiger partial charge in [0.2, 0.25) is 0 Å². The molecule has 1 aromatic rings. The molecule has 0 bridgehead atoms. The van der Waals surface area contributed by atoms with Crippen LogP contribution in [-0.2, 0) is 11.2 Å². The van der Waals surface area contributed by atoms with Crippen molar-refractivity contribution in [3.05, 3.63) is 15.6 Å². The SMILES string of the molecule is Cc1nc(CC(N)C2(N3CCOCC3)CCCC2)sc1C. The summed E-state index contributed by atoms with van der Waals surface area (Å²) in [4.78, 5) is 8.63. The van der Waals surface area contributed by atoms with Crippen LogP contribution in [0.25, 0.3) is 0 Å². The topological polar surface area (TPSA) is 51.4 Å². The van der Waals surface area contributed by atoms with E-state index in [-0.39, 0.29) is 11.6 Å². The number of thiazole rings is 1. The van der Waals surface area contributed by atoms with E-state index in [4.69, 9.17) is 15.5 Å². The van der Waals surface area contributed by atoms with E-state index < -0.39 is 0 Å². The van der Waals surface area contributed by atoms with E-state index in [1.54, 1.807) is 0 Å². The summed E-state index contributed by atoms with van der Waals surface area (Å²) >= 11 is 1.81. The zero-order chi connectivity index (χ0) is 14.9. The Hall–Kier alpha value is -0.490. The third-order valence-corrected chi connectivity index (χ3v) is 6.36. The molecule has 1 saturated heterocycles. The van der Waals surface area contributed by atoms with Gasteiger partial charge in [-0.1, -0.05) is 12.8 Å². The number of morpholine rings is 1. The Kier molecular flexibility index (Phi) is 4.64. The standard InChI is InChI=1S/C16H27N3OS/c1-12-13(2)21-15(18-12)11-14(17)16(5-3-4-6-16)19-7-9-20-10-8-19/h14H,3-11,17H2,1-2H3. The average Bonchev–Trinajstić information content (AvgIpc) is 3.09. The van der Waals surface area contributed by atoms with Crippen molar-refractivity contribution in [2.75, 3.05) is 26.3 Å². The fraction of sp³-hybridized carbons (Fsp3) is 0.812. The van der Waals surface area contributed by atoms with Gasteiger partial charge in [-0.05, 0) is 26.7 Å². The van der Waals surface area contributed by atoms with Crippen LogP contribution in [0.3, 0.4) is 0 Å². The normalized spacial score (nSPS) is 24.3. The average molecular weight is 309 g/mol. The number of nitrogens with two attached hydrogens (primary N) is 1. The summed E-state index contributed by atoms with van der Waals surface area (Å²) in [5.74, 6) is 0. The van der Waals surface area contributed by atoms with E-state index in [1.807, 2.05) is 11.3 Å². The third kappa shape index (κ3) is 3.02. The molecule has 2 heterocycles. The third-order valence-electron chi connectivity index (χ3n) is 5.27. The zero-order valence-electron chi connectivity index (χ0n) is 13.2. The van der Waals surface area contributed by atoms with E-state index in [2.05, 4.69) is 18.7 Å². The molecule has 4 nitrogen and oxygen atoms in total. The molecule has 1 saturated carbocycles. The van der Waals surface area contributed by atoms with Crippen LogP contribution in [-0.4, -0.2) is 47.8 Å². The van der Waals surface area contributed by atoms with Crippen molar-refractivity contribution in [3.63, 3.8) is 0 Å². The van der Waals surface area contributed by atoms with E-state index in [9.17, 15) is 0 Å². The second kappa shape index (κ2) is 6.32. The van der Waals surface area contributed by atoms with Crippen LogP contribution in [0, 0.1) is 13.8 Å². The van der Waals surface area contributed by atoms with E-state index in [1.165, 1.54) is 35.6 Å². The molecule has 0 aromatic carbocycles. The first-order chi connectivity index (χ1) is 10.1. The first-order valence-electron chi connectivity index (χ1n) is 8.13. The van der Waals surface area contributed by atoms with E-state index in [0.29, 0.717) is 0 Å². The summed E-state index contributed by atoms with van der Waals surface area (Å²) in [6.45, 7) is 8.00. The molecule has 0 spiro atoms. The van der Waals surface area contributed by atoms with Crippen molar-refractivity contribution in [1.29, 1.82) is 0 Å². The molecule has 1 aromatic heterocycles. The highest BCUT2D eigenvalue weighted by molar-refractivity contribution is 7.11. The minimum Gasteiger partial charge on any atom is -0.379 e. The second-order valence-corrected chi connectivity index (χ2v) is 7.76. The van der Waals surface area contributed by atoms with Crippen LogP contribution in [0.4, 0.5) is 0 Å². The number of hydrogen-bond donors (Lipinski definition) is 1. The predicted octanol–water partition coefficient (Wildman–Crippen LogP) is 2.27. The van der Waals surface area contributed by atoms with Crippen LogP contribution in [0.1, 0.15) is 41.3 Å². The molecule has 0 radical (unpaired) electrons. The van der Waals surface area contributed by atoms with Gasteiger partial charge in [0, 0.05) is 36.0 Å². The number of aromatic nitrogens is 1.